The van der Waals surface area contributed by atoms with Gasteiger partial charge in [-0.2, -0.15) is 0 Å². The lowest BCUT2D eigenvalue weighted by molar-refractivity contribution is -0.140. The van der Waals surface area contributed by atoms with Crippen LogP contribution in [0.1, 0.15) is 5.56 Å². The maximum atomic E-state index is 10.9. The summed E-state index contributed by atoms with van der Waals surface area (Å²) in [6.45, 7) is 0. The van der Waals surface area contributed by atoms with Gasteiger partial charge in [0.05, 0.1) is 7.11 Å². The van der Waals surface area contributed by atoms with E-state index < -0.39 is 12.0 Å². The number of nitrogens with one attached hydrogen (secondary N) is 1. The first-order valence-corrected chi connectivity index (χ1v) is 5.35. The van der Waals surface area contributed by atoms with Gasteiger partial charge in [0.25, 0.3) is 0 Å². The molecule has 18 heavy (non-hydrogen) atoms. The average Bonchev–Trinajstić information content (AvgIpc) is 2.32. The molecule has 1 unspecified atom stereocenters. The van der Waals surface area contributed by atoms with Crippen LogP contribution in [0.3, 0.4) is 0 Å². The molecule has 0 fully saturated rings. The number of carbonyl (C=O) groups is 2. The molecule has 0 aliphatic rings. The Labute approximate surface area is 108 Å². The van der Waals surface area contributed by atoms with Gasteiger partial charge in [-0.05, 0) is 6.07 Å². The number of hydrogen-bond donors (Lipinski definition) is 3. The summed E-state index contributed by atoms with van der Waals surface area (Å²) in [5.74, 6) is -1.26. The summed E-state index contributed by atoms with van der Waals surface area (Å²) >= 11 is 5.81. The Morgan fingerprint density at radius 1 is 1.61 bits per heavy atom. The van der Waals surface area contributed by atoms with Crippen LogP contribution in [0, 0.1) is 0 Å². The lowest BCUT2D eigenvalue weighted by Crippen LogP contribution is -2.37. The molecule has 0 spiro atoms. The number of benzene rings is 1. The molecule has 0 saturated carbocycles. The Morgan fingerprint density at radius 3 is 2.78 bits per heavy atom. The van der Waals surface area contributed by atoms with Crippen LogP contribution in [-0.2, 0) is 16.0 Å². The van der Waals surface area contributed by atoms with Crippen molar-refractivity contribution in [2.24, 2.45) is 0 Å². The minimum absolute atomic E-state index is 0.100. The molecule has 1 aromatic carbocycles. The number of amides is 1. The summed E-state index contributed by atoms with van der Waals surface area (Å²) in [6, 6.07) is 1.68. The zero-order chi connectivity index (χ0) is 13.7. The van der Waals surface area contributed by atoms with Crippen LogP contribution in [0.2, 0.25) is 5.02 Å². The van der Waals surface area contributed by atoms with E-state index in [1.807, 2.05) is 0 Å². The standard InChI is InChI=1S/C11H12ClNO5/c1-18-9-4-7(12)2-6(10(9)15)3-8(11(16)17)13-5-14/h2,4-5,8,15H,3H2,1H3,(H,13,14)(H,16,17). The van der Waals surface area contributed by atoms with Crippen molar-refractivity contribution in [1.82, 2.24) is 5.32 Å². The van der Waals surface area contributed by atoms with Crippen molar-refractivity contribution in [2.75, 3.05) is 7.11 Å². The summed E-state index contributed by atoms with van der Waals surface area (Å²) in [4.78, 5) is 21.2. The molecule has 0 aromatic heterocycles. The van der Waals surface area contributed by atoms with Crippen molar-refractivity contribution < 1.29 is 24.5 Å². The van der Waals surface area contributed by atoms with Crippen molar-refractivity contribution in [3.63, 3.8) is 0 Å². The van der Waals surface area contributed by atoms with Crippen molar-refractivity contribution in [3.05, 3.63) is 22.7 Å². The first-order valence-electron chi connectivity index (χ1n) is 4.97. The highest BCUT2D eigenvalue weighted by atomic mass is 35.5. The second-order valence-electron chi connectivity index (χ2n) is 3.50. The highest BCUT2D eigenvalue weighted by Crippen LogP contribution is 2.34. The summed E-state index contributed by atoms with van der Waals surface area (Å²) < 4.78 is 4.90. The quantitative estimate of drug-likeness (QED) is 0.666. The van der Waals surface area contributed by atoms with Gasteiger partial charge in [0.2, 0.25) is 6.41 Å². The number of phenols is 1. The molecule has 0 bridgehead atoms. The number of aromatic hydroxyl groups is 1. The number of ether oxygens (including phenoxy) is 1. The fourth-order valence-electron chi connectivity index (χ4n) is 1.46. The topological polar surface area (TPSA) is 95.9 Å². The second kappa shape index (κ2) is 6.11. The van der Waals surface area contributed by atoms with E-state index in [0.717, 1.165) is 0 Å². The van der Waals surface area contributed by atoms with Gasteiger partial charge in [0.15, 0.2) is 11.5 Å². The highest BCUT2D eigenvalue weighted by Gasteiger charge is 2.20. The van der Waals surface area contributed by atoms with E-state index in [-0.39, 0.29) is 29.9 Å². The molecule has 0 radical (unpaired) electrons. The van der Waals surface area contributed by atoms with Crippen molar-refractivity contribution >= 4 is 24.0 Å². The fourth-order valence-corrected chi connectivity index (χ4v) is 1.69. The number of phenolic OH excluding ortho intramolecular Hbond substituents is 1. The van der Waals surface area contributed by atoms with Gasteiger partial charge in [0, 0.05) is 23.1 Å². The first-order chi connectivity index (χ1) is 8.49. The zero-order valence-corrected chi connectivity index (χ0v) is 10.3. The Bertz CT molecular complexity index is 463. The van der Waals surface area contributed by atoms with E-state index in [1.165, 1.54) is 19.2 Å². The third-order valence-corrected chi connectivity index (χ3v) is 2.55. The number of rotatable bonds is 6. The van der Waals surface area contributed by atoms with Gasteiger partial charge in [-0.15, -0.1) is 0 Å². The predicted molar refractivity (Wildman–Crippen MR) is 64.0 cm³/mol. The van der Waals surface area contributed by atoms with Crippen LogP contribution in [0.25, 0.3) is 0 Å². The lowest BCUT2D eigenvalue weighted by atomic mass is 10.0. The third-order valence-electron chi connectivity index (χ3n) is 2.33. The number of carboxylic acid groups (broad SMARTS) is 1. The number of halogens is 1. The normalized spacial score (nSPS) is 11.7. The number of hydrogen-bond acceptors (Lipinski definition) is 4. The van der Waals surface area contributed by atoms with Crippen molar-refractivity contribution in [1.29, 1.82) is 0 Å². The predicted octanol–water partition coefficient (Wildman–Crippen LogP) is 0.796. The van der Waals surface area contributed by atoms with Crippen LogP contribution >= 0.6 is 11.6 Å². The molecule has 3 N–H and O–H groups in total. The molecule has 6 nitrogen and oxygen atoms in total. The van der Waals surface area contributed by atoms with E-state index in [4.69, 9.17) is 21.4 Å². The van der Waals surface area contributed by atoms with Crippen LogP contribution in [0.5, 0.6) is 11.5 Å². The lowest BCUT2D eigenvalue weighted by Gasteiger charge is -2.14. The van der Waals surface area contributed by atoms with Gasteiger partial charge in [-0.3, -0.25) is 4.79 Å². The van der Waals surface area contributed by atoms with Gasteiger partial charge < -0.3 is 20.3 Å². The molecule has 1 amide bonds. The molecule has 7 heteroatoms. The Balaban J connectivity index is 3.05. The molecule has 1 rings (SSSR count). The molecular weight excluding hydrogens is 262 g/mol. The number of aliphatic carboxylic acids is 1. The van der Waals surface area contributed by atoms with E-state index in [1.54, 1.807) is 0 Å². The van der Waals surface area contributed by atoms with E-state index >= 15 is 0 Å². The molecule has 1 atom stereocenters. The van der Waals surface area contributed by atoms with E-state index in [2.05, 4.69) is 5.32 Å². The van der Waals surface area contributed by atoms with Gasteiger partial charge in [-0.25, -0.2) is 4.79 Å². The minimum atomic E-state index is -1.21. The summed E-state index contributed by atoms with van der Waals surface area (Å²) in [5, 5.41) is 21.1. The van der Waals surface area contributed by atoms with Gasteiger partial charge in [-0.1, -0.05) is 11.6 Å². The summed E-state index contributed by atoms with van der Waals surface area (Å²) in [6.07, 6.45) is 0.189. The molecule has 0 aliphatic carbocycles. The number of methoxy groups -OCH3 is 1. The summed E-state index contributed by atoms with van der Waals surface area (Å²) in [7, 11) is 1.35. The Morgan fingerprint density at radius 2 is 2.28 bits per heavy atom. The van der Waals surface area contributed by atoms with Crippen molar-refractivity contribution in [3.8, 4) is 11.5 Å². The largest absolute Gasteiger partial charge is 0.504 e. The first kappa shape index (κ1) is 14.1. The fraction of sp³-hybridized carbons (Fsp3) is 0.273. The van der Waals surface area contributed by atoms with E-state index in [9.17, 15) is 14.7 Å². The van der Waals surface area contributed by atoms with Gasteiger partial charge in [0.1, 0.15) is 6.04 Å². The van der Waals surface area contributed by atoms with Gasteiger partial charge >= 0.3 is 5.97 Å². The maximum absolute atomic E-state index is 10.9. The van der Waals surface area contributed by atoms with Crippen LogP contribution < -0.4 is 10.1 Å². The van der Waals surface area contributed by atoms with Crippen LogP contribution in [0.15, 0.2) is 12.1 Å². The molecular formula is C11H12ClNO5. The molecule has 0 heterocycles. The zero-order valence-electron chi connectivity index (χ0n) is 9.51. The second-order valence-corrected chi connectivity index (χ2v) is 3.93. The number of carbonyl (C=O) groups excluding carboxylic acids is 1. The van der Waals surface area contributed by atoms with Crippen LogP contribution in [0.4, 0.5) is 0 Å². The van der Waals surface area contributed by atoms with Crippen LogP contribution in [-0.4, -0.2) is 35.7 Å². The SMILES string of the molecule is COc1cc(Cl)cc(CC(NC=O)C(=O)O)c1O. The number of carboxylic acids is 1. The monoisotopic (exact) mass is 273 g/mol. The molecule has 0 saturated heterocycles. The Kier molecular flexibility index (Phi) is 4.79. The molecule has 98 valence electrons. The van der Waals surface area contributed by atoms with Crippen molar-refractivity contribution in [2.45, 2.75) is 12.5 Å². The minimum Gasteiger partial charge on any atom is -0.504 e. The van der Waals surface area contributed by atoms with E-state index in [0.29, 0.717) is 5.02 Å². The highest BCUT2D eigenvalue weighted by molar-refractivity contribution is 6.30. The Hall–Kier alpha value is -1.95. The third kappa shape index (κ3) is 3.27. The maximum Gasteiger partial charge on any atom is 0.326 e. The summed E-state index contributed by atoms with van der Waals surface area (Å²) in [5.41, 5.74) is 0.279. The average molecular weight is 274 g/mol. The molecule has 1 aromatic rings. The molecule has 0 aliphatic heterocycles. The smallest absolute Gasteiger partial charge is 0.326 e.